The Morgan fingerprint density at radius 1 is 1.38 bits per heavy atom. The van der Waals surface area contributed by atoms with E-state index in [1.54, 1.807) is 11.3 Å². The van der Waals surface area contributed by atoms with Gasteiger partial charge in [-0.15, -0.1) is 23.7 Å². The van der Waals surface area contributed by atoms with Crippen LogP contribution in [0.5, 0.6) is 0 Å². The molecule has 1 fully saturated rings. The van der Waals surface area contributed by atoms with Crippen LogP contribution in [-0.4, -0.2) is 30.4 Å². The first-order chi connectivity index (χ1) is 9.75. The van der Waals surface area contributed by atoms with E-state index in [1.807, 2.05) is 11.9 Å². The van der Waals surface area contributed by atoms with Gasteiger partial charge in [0.1, 0.15) is 0 Å². The molecule has 0 bridgehead atoms. The predicted octanol–water partition coefficient (Wildman–Crippen LogP) is 3.42. The van der Waals surface area contributed by atoms with Gasteiger partial charge in [-0.2, -0.15) is 0 Å². The minimum atomic E-state index is 0. The van der Waals surface area contributed by atoms with Crippen LogP contribution in [-0.2, 0) is 11.3 Å². The van der Waals surface area contributed by atoms with Gasteiger partial charge in [0, 0.05) is 18.3 Å². The molecule has 0 saturated carbocycles. The van der Waals surface area contributed by atoms with Crippen molar-refractivity contribution >= 4 is 39.7 Å². The number of likely N-dealkylation sites (N-methyl/N-ethyl adjacent to an activating group) is 1. The van der Waals surface area contributed by atoms with E-state index in [4.69, 9.17) is 0 Å². The van der Waals surface area contributed by atoms with Crippen LogP contribution in [0.2, 0.25) is 0 Å². The van der Waals surface area contributed by atoms with Crippen molar-refractivity contribution in [1.82, 2.24) is 10.2 Å². The summed E-state index contributed by atoms with van der Waals surface area (Å²) in [5.41, 5.74) is 1.25. The van der Waals surface area contributed by atoms with Crippen molar-refractivity contribution in [3.8, 4) is 0 Å². The summed E-state index contributed by atoms with van der Waals surface area (Å²) in [4.78, 5) is 14.3. The van der Waals surface area contributed by atoms with Gasteiger partial charge in [-0.25, -0.2) is 0 Å². The van der Waals surface area contributed by atoms with E-state index in [-0.39, 0.29) is 24.4 Å². The summed E-state index contributed by atoms with van der Waals surface area (Å²) in [5, 5.41) is 6.77. The van der Waals surface area contributed by atoms with Gasteiger partial charge >= 0.3 is 0 Å². The molecule has 1 saturated heterocycles. The Labute approximate surface area is 135 Å². The van der Waals surface area contributed by atoms with E-state index in [1.165, 1.54) is 22.1 Å². The third-order valence-electron chi connectivity index (χ3n) is 3.95. The number of carbonyl (C=O) groups is 1. The lowest BCUT2D eigenvalue weighted by Crippen LogP contribution is -2.46. The van der Waals surface area contributed by atoms with Crippen LogP contribution < -0.4 is 5.32 Å². The largest absolute Gasteiger partial charge is 0.340 e. The average Bonchev–Trinajstić information content (AvgIpc) is 2.91. The van der Waals surface area contributed by atoms with Crippen LogP contribution in [0, 0.1) is 0 Å². The van der Waals surface area contributed by atoms with Crippen molar-refractivity contribution in [1.29, 1.82) is 0 Å². The Balaban J connectivity index is 0.00000161. The number of halogens is 1. The zero-order valence-corrected chi connectivity index (χ0v) is 13.8. The number of rotatable bonds is 3. The van der Waals surface area contributed by atoms with Crippen molar-refractivity contribution in [2.45, 2.75) is 31.8 Å². The number of benzene rings is 1. The summed E-state index contributed by atoms with van der Waals surface area (Å²) >= 11 is 1.75. The van der Waals surface area contributed by atoms with Crippen molar-refractivity contribution in [3.63, 3.8) is 0 Å². The molecular weight excluding hydrogens is 304 g/mol. The molecule has 3 nitrogen and oxygen atoms in total. The summed E-state index contributed by atoms with van der Waals surface area (Å²) in [6, 6.07) is 8.40. The fourth-order valence-corrected chi connectivity index (χ4v) is 3.77. The van der Waals surface area contributed by atoms with Gasteiger partial charge in [-0.05, 0) is 41.8 Å². The zero-order valence-electron chi connectivity index (χ0n) is 12.2. The molecule has 1 aliphatic heterocycles. The minimum Gasteiger partial charge on any atom is -0.340 e. The molecule has 0 spiro atoms. The smallest absolute Gasteiger partial charge is 0.239 e. The van der Waals surface area contributed by atoms with Gasteiger partial charge in [-0.3, -0.25) is 4.79 Å². The maximum atomic E-state index is 12.4. The third kappa shape index (κ3) is 3.57. The Morgan fingerprint density at radius 3 is 2.95 bits per heavy atom. The third-order valence-corrected chi connectivity index (χ3v) is 4.97. The van der Waals surface area contributed by atoms with Crippen molar-refractivity contribution < 1.29 is 4.79 Å². The summed E-state index contributed by atoms with van der Waals surface area (Å²) in [7, 11) is 1.91. The molecule has 1 atom stereocenters. The first-order valence-corrected chi connectivity index (χ1v) is 8.07. The van der Waals surface area contributed by atoms with E-state index in [2.05, 4.69) is 35.0 Å². The lowest BCUT2D eigenvalue weighted by Gasteiger charge is -2.27. The molecule has 1 aromatic carbocycles. The van der Waals surface area contributed by atoms with Crippen molar-refractivity contribution in [3.05, 3.63) is 35.2 Å². The van der Waals surface area contributed by atoms with Crippen molar-refractivity contribution in [2.24, 2.45) is 0 Å². The molecule has 0 radical (unpaired) electrons. The summed E-state index contributed by atoms with van der Waals surface area (Å²) in [6.07, 6.45) is 3.30. The van der Waals surface area contributed by atoms with Crippen LogP contribution >= 0.6 is 23.7 Å². The molecule has 2 aromatic rings. The number of piperidine rings is 1. The SMILES string of the molecule is CN(Cc1csc2ccccc12)C(=O)C1CCCCN1.Cl. The standard InChI is InChI=1S/C16H20N2OS.ClH/c1-18(16(19)14-7-4-5-9-17-14)10-12-11-20-15-8-3-2-6-13(12)15;/h2-3,6,8,11,14,17H,4-5,7,9-10H2,1H3;1H. The van der Waals surface area contributed by atoms with Crippen LogP contribution in [0.1, 0.15) is 24.8 Å². The van der Waals surface area contributed by atoms with Gasteiger partial charge in [0.15, 0.2) is 0 Å². The molecule has 1 unspecified atom stereocenters. The molecule has 114 valence electrons. The van der Waals surface area contributed by atoms with E-state index < -0.39 is 0 Å². The molecule has 21 heavy (non-hydrogen) atoms. The van der Waals surface area contributed by atoms with Crippen LogP contribution in [0.3, 0.4) is 0 Å². The van der Waals surface area contributed by atoms with Gasteiger partial charge in [0.2, 0.25) is 5.91 Å². The van der Waals surface area contributed by atoms with Gasteiger partial charge in [0.25, 0.3) is 0 Å². The first-order valence-electron chi connectivity index (χ1n) is 7.19. The number of carbonyl (C=O) groups excluding carboxylic acids is 1. The Bertz CT molecular complexity index is 607. The quantitative estimate of drug-likeness (QED) is 0.938. The molecule has 1 amide bonds. The predicted molar refractivity (Wildman–Crippen MR) is 91.2 cm³/mol. The summed E-state index contributed by atoms with van der Waals surface area (Å²) in [5.74, 6) is 0.222. The summed E-state index contributed by atoms with van der Waals surface area (Å²) < 4.78 is 1.29. The van der Waals surface area contributed by atoms with Crippen molar-refractivity contribution in [2.75, 3.05) is 13.6 Å². The maximum absolute atomic E-state index is 12.4. The van der Waals surface area contributed by atoms with Crippen LogP contribution in [0.15, 0.2) is 29.6 Å². The number of nitrogens with one attached hydrogen (secondary N) is 1. The normalized spacial score (nSPS) is 18.2. The minimum absolute atomic E-state index is 0. The Hall–Kier alpha value is -1.10. The highest BCUT2D eigenvalue weighted by atomic mass is 35.5. The molecule has 3 rings (SSSR count). The second kappa shape index (κ2) is 7.25. The fraction of sp³-hybridized carbons (Fsp3) is 0.438. The number of hydrogen-bond donors (Lipinski definition) is 1. The number of hydrogen-bond acceptors (Lipinski definition) is 3. The fourth-order valence-electron chi connectivity index (χ4n) is 2.82. The second-order valence-electron chi connectivity index (χ2n) is 5.45. The molecule has 2 heterocycles. The summed E-state index contributed by atoms with van der Waals surface area (Å²) in [6.45, 7) is 1.66. The molecule has 1 aliphatic rings. The number of thiophene rings is 1. The van der Waals surface area contributed by atoms with Gasteiger partial charge < -0.3 is 10.2 Å². The lowest BCUT2D eigenvalue weighted by atomic mass is 10.0. The van der Waals surface area contributed by atoms with Gasteiger partial charge in [-0.1, -0.05) is 24.6 Å². The Kier molecular flexibility index (Phi) is 5.62. The van der Waals surface area contributed by atoms with Gasteiger partial charge in [0.05, 0.1) is 6.04 Å². The highest BCUT2D eigenvalue weighted by molar-refractivity contribution is 7.17. The van der Waals surface area contributed by atoms with E-state index in [0.29, 0.717) is 6.54 Å². The zero-order chi connectivity index (χ0) is 13.9. The average molecular weight is 325 g/mol. The maximum Gasteiger partial charge on any atom is 0.239 e. The highest BCUT2D eigenvalue weighted by Crippen LogP contribution is 2.26. The molecule has 0 aliphatic carbocycles. The van der Waals surface area contributed by atoms with E-state index in [9.17, 15) is 4.79 Å². The van der Waals surface area contributed by atoms with E-state index in [0.717, 1.165) is 19.4 Å². The second-order valence-corrected chi connectivity index (χ2v) is 6.37. The molecule has 5 heteroatoms. The van der Waals surface area contributed by atoms with E-state index >= 15 is 0 Å². The number of amides is 1. The first kappa shape index (κ1) is 16.3. The number of fused-ring (bicyclic) bond motifs is 1. The van der Waals surface area contributed by atoms with Crippen LogP contribution in [0.25, 0.3) is 10.1 Å². The highest BCUT2D eigenvalue weighted by Gasteiger charge is 2.23. The monoisotopic (exact) mass is 324 g/mol. The molecule has 1 aromatic heterocycles. The van der Waals surface area contributed by atoms with Crippen LogP contribution in [0.4, 0.5) is 0 Å². The lowest BCUT2D eigenvalue weighted by molar-refractivity contribution is -0.133. The molecule has 1 N–H and O–H groups in total. The Morgan fingerprint density at radius 2 is 2.19 bits per heavy atom. The molecular formula is C16H21ClN2OS. The topological polar surface area (TPSA) is 32.3 Å². The number of nitrogens with zero attached hydrogens (tertiary/aromatic N) is 1.